The Bertz CT molecular complexity index is 1030. The molecule has 3 heterocycles. The van der Waals surface area contributed by atoms with Crippen LogP contribution in [0.25, 0.3) is 17.1 Å². The van der Waals surface area contributed by atoms with Gasteiger partial charge >= 0.3 is 0 Å². The Morgan fingerprint density at radius 2 is 2.04 bits per heavy atom. The predicted molar refractivity (Wildman–Crippen MR) is 115 cm³/mol. The first-order valence-electron chi connectivity index (χ1n) is 7.71. The van der Waals surface area contributed by atoms with E-state index in [1.165, 1.54) is 0 Å². The van der Waals surface area contributed by atoms with Crippen molar-refractivity contribution in [3.63, 3.8) is 0 Å². The first kappa shape index (κ1) is 21.0. The van der Waals surface area contributed by atoms with Crippen LogP contribution in [0.15, 0.2) is 64.0 Å². The van der Waals surface area contributed by atoms with E-state index in [0.29, 0.717) is 18.2 Å². The Morgan fingerprint density at radius 3 is 2.85 bits per heavy atom. The molecule has 3 N–H and O–H groups in total. The summed E-state index contributed by atoms with van der Waals surface area (Å²) in [5.41, 5.74) is 3.11. The molecule has 3 aromatic rings. The number of amides is 1. The summed E-state index contributed by atoms with van der Waals surface area (Å²) < 4.78 is 1.01. The highest BCUT2D eigenvalue weighted by molar-refractivity contribution is 9.10. The number of aliphatic imine (C=N–C) groups is 1. The van der Waals surface area contributed by atoms with Gasteiger partial charge in [-0.25, -0.2) is 9.98 Å². The average Bonchev–Trinajstić information content (AvgIpc) is 3.18. The van der Waals surface area contributed by atoms with Crippen LogP contribution in [0.4, 0.5) is 0 Å². The monoisotopic (exact) mass is 467 g/mol. The lowest BCUT2D eigenvalue weighted by Crippen LogP contribution is -2.35. The molecule has 27 heavy (non-hydrogen) atoms. The average molecular weight is 469 g/mol. The molecule has 0 spiro atoms. The lowest BCUT2D eigenvalue weighted by Gasteiger charge is -2.05. The zero-order valence-corrected chi connectivity index (χ0v) is 17.1. The number of rotatable bonds is 3. The summed E-state index contributed by atoms with van der Waals surface area (Å²) >= 11 is 3.44. The third kappa shape index (κ3) is 4.68. The highest BCUT2D eigenvalue weighted by atomic mass is 79.9. The van der Waals surface area contributed by atoms with Gasteiger partial charge in [-0.3, -0.25) is 10.1 Å². The number of carbonyl (C=O) groups excluding carboxylic acids is 1. The molecule has 4 rings (SSSR count). The summed E-state index contributed by atoms with van der Waals surface area (Å²) in [5, 5.41) is 6.83. The highest BCUT2D eigenvalue weighted by Crippen LogP contribution is 2.20. The molecule has 1 amide bonds. The van der Waals surface area contributed by atoms with E-state index >= 15 is 0 Å². The quantitative estimate of drug-likeness (QED) is 0.511. The Kier molecular flexibility index (Phi) is 7.01. The Hall–Kier alpha value is -2.35. The number of hydrogen-bond acceptors (Lipinski definition) is 4. The summed E-state index contributed by atoms with van der Waals surface area (Å²) in [4.78, 5) is 23.8. The van der Waals surface area contributed by atoms with Gasteiger partial charge < -0.3 is 10.3 Å². The standard InChI is InChI=1S/C18H14BrN5O.2ClH/c19-13-4-1-3-11(7-13)9-22-18-23-15(17(25)24-18)8-12-10-21-16-14(12)5-2-6-20-16;;/h1-8,10H,9H2,(H,20,21)(H2,22,23,24,25);2*1H/b15-8-;;. The molecule has 140 valence electrons. The summed E-state index contributed by atoms with van der Waals surface area (Å²) in [6.45, 7) is 0.572. The number of aromatic amines is 1. The second-order valence-electron chi connectivity index (χ2n) is 5.57. The second-order valence-corrected chi connectivity index (χ2v) is 6.49. The van der Waals surface area contributed by atoms with Gasteiger partial charge in [0.1, 0.15) is 11.3 Å². The van der Waals surface area contributed by atoms with E-state index < -0.39 is 0 Å². The van der Waals surface area contributed by atoms with E-state index in [9.17, 15) is 4.79 Å². The number of H-pyrrole nitrogens is 1. The number of nitrogens with one attached hydrogen (secondary N) is 3. The molecular weight excluding hydrogens is 453 g/mol. The largest absolute Gasteiger partial charge is 0.352 e. The first-order chi connectivity index (χ1) is 12.2. The molecule has 0 fully saturated rings. The van der Waals surface area contributed by atoms with Gasteiger partial charge in [0.05, 0.1) is 0 Å². The van der Waals surface area contributed by atoms with Crippen molar-refractivity contribution < 1.29 is 4.79 Å². The number of nitrogens with zero attached hydrogens (tertiary/aromatic N) is 2. The molecule has 2 aromatic heterocycles. The molecule has 1 aliphatic heterocycles. The van der Waals surface area contributed by atoms with Crippen molar-refractivity contribution >= 4 is 69.7 Å². The zero-order valence-electron chi connectivity index (χ0n) is 13.9. The van der Waals surface area contributed by atoms with Gasteiger partial charge in [0.2, 0.25) is 5.96 Å². The number of pyridine rings is 1. The number of halogens is 3. The normalized spacial score (nSPS) is 14.3. The van der Waals surface area contributed by atoms with E-state index in [1.807, 2.05) is 42.6 Å². The summed E-state index contributed by atoms with van der Waals surface area (Å²) in [6, 6.07) is 11.8. The zero-order chi connectivity index (χ0) is 17.2. The lowest BCUT2D eigenvalue weighted by molar-refractivity contribution is -0.115. The van der Waals surface area contributed by atoms with Gasteiger partial charge in [0, 0.05) is 34.4 Å². The molecule has 6 nitrogen and oxygen atoms in total. The first-order valence-corrected chi connectivity index (χ1v) is 8.50. The van der Waals surface area contributed by atoms with E-state index in [4.69, 9.17) is 0 Å². The lowest BCUT2D eigenvalue weighted by atomic mass is 10.2. The van der Waals surface area contributed by atoms with Gasteiger partial charge in [-0.05, 0) is 35.9 Å². The van der Waals surface area contributed by atoms with Crippen LogP contribution in [0.1, 0.15) is 11.1 Å². The van der Waals surface area contributed by atoms with Crippen molar-refractivity contribution in [1.29, 1.82) is 0 Å². The van der Waals surface area contributed by atoms with Gasteiger partial charge in [0.15, 0.2) is 0 Å². The van der Waals surface area contributed by atoms with Gasteiger partial charge in [-0.1, -0.05) is 28.1 Å². The van der Waals surface area contributed by atoms with E-state index in [1.54, 1.807) is 12.3 Å². The van der Waals surface area contributed by atoms with Crippen LogP contribution in [0.5, 0.6) is 0 Å². The number of benzene rings is 1. The molecule has 1 aromatic carbocycles. The molecule has 0 bridgehead atoms. The van der Waals surface area contributed by atoms with Gasteiger partial charge in [-0.2, -0.15) is 0 Å². The number of guanidine groups is 1. The van der Waals surface area contributed by atoms with Crippen LogP contribution in [0.2, 0.25) is 0 Å². The smallest absolute Gasteiger partial charge is 0.276 e. The van der Waals surface area contributed by atoms with Crippen molar-refractivity contribution in [3.8, 4) is 0 Å². The molecule has 0 aliphatic carbocycles. The van der Waals surface area contributed by atoms with Crippen LogP contribution in [-0.2, 0) is 11.3 Å². The number of aromatic nitrogens is 2. The fourth-order valence-electron chi connectivity index (χ4n) is 2.63. The Labute approximate surface area is 176 Å². The fraction of sp³-hybridized carbons (Fsp3) is 0.0556. The summed E-state index contributed by atoms with van der Waals surface area (Å²) in [5.74, 6) is 0.226. The molecule has 9 heteroatoms. The molecule has 0 saturated carbocycles. The SMILES string of the molecule is Cl.Cl.O=C1NC(NCc2cccc(Br)c2)=N/C1=C\c1c[nH]c2ncccc12. The van der Waals surface area contributed by atoms with Gasteiger partial charge in [-0.15, -0.1) is 24.8 Å². The minimum Gasteiger partial charge on any atom is -0.352 e. The topological polar surface area (TPSA) is 82.2 Å². The maximum atomic E-state index is 12.1. The summed E-state index contributed by atoms with van der Waals surface area (Å²) in [7, 11) is 0. The predicted octanol–water partition coefficient (Wildman–Crippen LogP) is 3.79. The highest BCUT2D eigenvalue weighted by Gasteiger charge is 2.20. The number of carbonyl (C=O) groups is 1. The van der Waals surface area contributed by atoms with Crippen molar-refractivity contribution in [3.05, 3.63) is 70.1 Å². The van der Waals surface area contributed by atoms with E-state index in [0.717, 1.165) is 26.6 Å². The maximum Gasteiger partial charge on any atom is 0.276 e. The maximum absolute atomic E-state index is 12.1. The minimum absolute atomic E-state index is 0. The molecule has 0 atom stereocenters. The molecule has 0 radical (unpaired) electrons. The third-order valence-corrected chi connectivity index (χ3v) is 4.31. The van der Waals surface area contributed by atoms with Crippen molar-refractivity contribution in [1.82, 2.24) is 20.6 Å². The molecule has 0 unspecified atom stereocenters. The Balaban J connectivity index is 0.00000131. The fourth-order valence-corrected chi connectivity index (χ4v) is 3.08. The number of fused-ring (bicyclic) bond motifs is 1. The van der Waals surface area contributed by atoms with Crippen molar-refractivity contribution in [2.24, 2.45) is 4.99 Å². The minimum atomic E-state index is -0.227. The molecule has 1 aliphatic rings. The van der Waals surface area contributed by atoms with E-state index in [-0.39, 0.29) is 30.7 Å². The van der Waals surface area contributed by atoms with Crippen molar-refractivity contribution in [2.75, 3.05) is 0 Å². The van der Waals surface area contributed by atoms with Crippen LogP contribution in [0.3, 0.4) is 0 Å². The van der Waals surface area contributed by atoms with Crippen LogP contribution >= 0.6 is 40.7 Å². The van der Waals surface area contributed by atoms with Crippen LogP contribution < -0.4 is 10.6 Å². The molecular formula is C18H16BrCl2N5O. The molecule has 0 saturated heterocycles. The summed E-state index contributed by atoms with van der Waals surface area (Å²) in [6.07, 6.45) is 5.30. The third-order valence-electron chi connectivity index (χ3n) is 3.82. The van der Waals surface area contributed by atoms with Crippen molar-refractivity contribution in [2.45, 2.75) is 6.54 Å². The number of hydrogen-bond donors (Lipinski definition) is 3. The van der Waals surface area contributed by atoms with Crippen LogP contribution in [0, 0.1) is 0 Å². The van der Waals surface area contributed by atoms with E-state index in [2.05, 4.69) is 41.5 Å². The second kappa shape index (κ2) is 9.03. The Morgan fingerprint density at radius 1 is 1.19 bits per heavy atom. The van der Waals surface area contributed by atoms with Gasteiger partial charge in [0.25, 0.3) is 5.91 Å². The van der Waals surface area contributed by atoms with Crippen LogP contribution in [-0.4, -0.2) is 21.8 Å².